The highest BCUT2D eigenvalue weighted by molar-refractivity contribution is 5.32. The summed E-state index contributed by atoms with van der Waals surface area (Å²) in [6.45, 7) is 0.640. The highest BCUT2D eigenvalue weighted by Gasteiger charge is 2.09. The standard InChI is InChI=1S/C8H13N7/c1-14-4-3-10-6(14)5-15(2)8-11-7(9)12-13-8/h3-4H,5H2,1-2H3,(H3,9,11,12,13). The number of hydrogen-bond acceptors (Lipinski definition) is 5. The van der Waals surface area contributed by atoms with E-state index >= 15 is 0 Å². The molecule has 0 aliphatic carbocycles. The van der Waals surface area contributed by atoms with Crippen LogP contribution < -0.4 is 10.6 Å². The van der Waals surface area contributed by atoms with Crippen molar-refractivity contribution in [3.63, 3.8) is 0 Å². The highest BCUT2D eigenvalue weighted by Crippen LogP contribution is 2.08. The van der Waals surface area contributed by atoms with Crippen molar-refractivity contribution in [3.05, 3.63) is 18.2 Å². The van der Waals surface area contributed by atoms with Crippen molar-refractivity contribution in [1.29, 1.82) is 0 Å². The van der Waals surface area contributed by atoms with Gasteiger partial charge in [-0.05, 0) is 0 Å². The van der Waals surface area contributed by atoms with E-state index < -0.39 is 0 Å². The van der Waals surface area contributed by atoms with Gasteiger partial charge in [0.15, 0.2) is 0 Å². The molecule has 0 spiro atoms. The molecule has 7 nitrogen and oxygen atoms in total. The lowest BCUT2D eigenvalue weighted by molar-refractivity contribution is 0.748. The minimum absolute atomic E-state index is 0.316. The van der Waals surface area contributed by atoms with Gasteiger partial charge in [-0.25, -0.2) is 10.1 Å². The van der Waals surface area contributed by atoms with Gasteiger partial charge in [0.2, 0.25) is 11.9 Å². The monoisotopic (exact) mass is 207 g/mol. The van der Waals surface area contributed by atoms with E-state index in [4.69, 9.17) is 5.73 Å². The maximum Gasteiger partial charge on any atom is 0.246 e. The second-order valence-electron chi connectivity index (χ2n) is 3.33. The molecule has 0 fully saturated rings. The van der Waals surface area contributed by atoms with Gasteiger partial charge < -0.3 is 15.2 Å². The van der Waals surface area contributed by atoms with E-state index in [9.17, 15) is 0 Å². The van der Waals surface area contributed by atoms with Gasteiger partial charge in [-0.3, -0.25) is 0 Å². The number of nitrogens with zero attached hydrogens (tertiary/aromatic N) is 5. The Morgan fingerprint density at radius 1 is 1.60 bits per heavy atom. The molecule has 15 heavy (non-hydrogen) atoms. The number of anilines is 2. The summed E-state index contributed by atoms with van der Waals surface area (Å²) in [4.78, 5) is 10.1. The molecule has 0 saturated carbocycles. The first-order valence-corrected chi connectivity index (χ1v) is 4.52. The van der Waals surface area contributed by atoms with Gasteiger partial charge in [0.1, 0.15) is 5.82 Å². The first-order valence-electron chi connectivity index (χ1n) is 4.52. The predicted octanol–water partition coefficient (Wildman–Crippen LogP) is -0.243. The molecule has 0 aliphatic heterocycles. The lowest BCUT2D eigenvalue weighted by atomic mass is 10.5. The summed E-state index contributed by atoms with van der Waals surface area (Å²) in [5, 5.41) is 6.55. The fourth-order valence-corrected chi connectivity index (χ4v) is 1.27. The Morgan fingerprint density at radius 3 is 2.93 bits per heavy atom. The molecule has 0 amide bonds. The fraction of sp³-hybridized carbons (Fsp3) is 0.375. The van der Waals surface area contributed by atoms with Crippen LogP contribution in [0.15, 0.2) is 12.4 Å². The number of H-pyrrole nitrogens is 1. The van der Waals surface area contributed by atoms with Crippen LogP contribution in [0.1, 0.15) is 5.82 Å². The maximum atomic E-state index is 5.44. The fourth-order valence-electron chi connectivity index (χ4n) is 1.27. The van der Waals surface area contributed by atoms with Gasteiger partial charge in [-0.1, -0.05) is 0 Å². The molecule has 0 bridgehead atoms. The maximum absolute atomic E-state index is 5.44. The molecule has 7 heteroatoms. The molecule has 0 atom stereocenters. The van der Waals surface area contributed by atoms with Crippen molar-refractivity contribution in [2.24, 2.45) is 7.05 Å². The molecule has 0 aliphatic rings. The quantitative estimate of drug-likeness (QED) is 0.725. The number of aryl methyl sites for hydroxylation is 1. The summed E-state index contributed by atoms with van der Waals surface area (Å²) in [6.07, 6.45) is 3.66. The average Bonchev–Trinajstić information content (AvgIpc) is 2.77. The van der Waals surface area contributed by atoms with Crippen LogP contribution in [0.5, 0.6) is 0 Å². The Morgan fingerprint density at radius 2 is 2.40 bits per heavy atom. The Balaban J connectivity index is 2.10. The number of imidazole rings is 1. The van der Waals surface area contributed by atoms with Gasteiger partial charge in [0.25, 0.3) is 0 Å². The third-order valence-electron chi connectivity index (χ3n) is 2.13. The number of aromatic nitrogens is 5. The molecule has 2 rings (SSSR count). The Kier molecular flexibility index (Phi) is 2.28. The topological polar surface area (TPSA) is 88.7 Å². The van der Waals surface area contributed by atoms with Crippen molar-refractivity contribution in [2.75, 3.05) is 17.7 Å². The third-order valence-corrected chi connectivity index (χ3v) is 2.13. The molecule has 0 aromatic carbocycles. The van der Waals surface area contributed by atoms with Crippen molar-refractivity contribution in [1.82, 2.24) is 24.7 Å². The molecule has 2 aromatic rings. The summed E-state index contributed by atoms with van der Waals surface area (Å²) in [6, 6.07) is 0. The van der Waals surface area contributed by atoms with Gasteiger partial charge in [-0.15, -0.1) is 5.10 Å². The summed E-state index contributed by atoms with van der Waals surface area (Å²) in [7, 11) is 3.83. The predicted molar refractivity (Wildman–Crippen MR) is 56.1 cm³/mol. The molecule has 2 aromatic heterocycles. The molecular formula is C8H13N7. The zero-order chi connectivity index (χ0) is 10.8. The first-order chi connectivity index (χ1) is 7.16. The molecule has 0 radical (unpaired) electrons. The summed E-state index contributed by atoms with van der Waals surface area (Å²) < 4.78 is 1.95. The van der Waals surface area contributed by atoms with Gasteiger partial charge in [-0.2, -0.15) is 4.98 Å². The average molecular weight is 207 g/mol. The van der Waals surface area contributed by atoms with Crippen molar-refractivity contribution >= 4 is 11.9 Å². The van der Waals surface area contributed by atoms with E-state index in [0.717, 1.165) is 5.82 Å². The highest BCUT2D eigenvalue weighted by atomic mass is 15.4. The number of aromatic amines is 1. The van der Waals surface area contributed by atoms with Crippen LogP contribution in [0.3, 0.4) is 0 Å². The zero-order valence-electron chi connectivity index (χ0n) is 8.68. The third kappa shape index (κ3) is 1.90. The van der Waals surface area contributed by atoms with E-state index in [1.165, 1.54) is 0 Å². The second-order valence-corrected chi connectivity index (χ2v) is 3.33. The normalized spacial score (nSPS) is 10.5. The number of rotatable bonds is 3. The van der Waals surface area contributed by atoms with Gasteiger partial charge in [0, 0.05) is 26.5 Å². The van der Waals surface area contributed by atoms with Crippen molar-refractivity contribution < 1.29 is 0 Å². The molecule has 0 saturated heterocycles. The SMILES string of the molecule is CN(Cc1nccn1C)c1n[nH]c(N)n1. The van der Waals surface area contributed by atoms with E-state index in [1.807, 2.05) is 29.8 Å². The number of nitrogens with one attached hydrogen (secondary N) is 1. The molecule has 0 unspecified atom stereocenters. The lowest BCUT2D eigenvalue weighted by Crippen LogP contribution is -2.20. The van der Waals surface area contributed by atoms with Gasteiger partial charge in [0.05, 0.1) is 6.54 Å². The van der Waals surface area contributed by atoms with Crippen molar-refractivity contribution in [2.45, 2.75) is 6.54 Å². The van der Waals surface area contributed by atoms with Crippen LogP contribution in [0.2, 0.25) is 0 Å². The largest absolute Gasteiger partial charge is 0.368 e. The van der Waals surface area contributed by atoms with Crippen LogP contribution in [0.4, 0.5) is 11.9 Å². The van der Waals surface area contributed by atoms with Crippen LogP contribution >= 0.6 is 0 Å². The van der Waals surface area contributed by atoms with Crippen LogP contribution in [0.25, 0.3) is 0 Å². The second kappa shape index (κ2) is 3.60. The minimum atomic E-state index is 0.316. The van der Waals surface area contributed by atoms with Crippen LogP contribution in [0, 0.1) is 0 Å². The molecule has 80 valence electrons. The van der Waals surface area contributed by atoms with Gasteiger partial charge >= 0.3 is 0 Å². The summed E-state index contributed by atoms with van der Waals surface area (Å²) >= 11 is 0. The van der Waals surface area contributed by atoms with E-state index in [2.05, 4.69) is 20.2 Å². The minimum Gasteiger partial charge on any atom is -0.368 e. The Bertz CT molecular complexity index is 443. The number of nitrogens with two attached hydrogens (primary N) is 1. The molecule has 2 heterocycles. The smallest absolute Gasteiger partial charge is 0.246 e. The van der Waals surface area contributed by atoms with Crippen molar-refractivity contribution in [3.8, 4) is 0 Å². The lowest BCUT2D eigenvalue weighted by Gasteiger charge is -2.13. The van der Waals surface area contributed by atoms with Crippen LogP contribution in [-0.4, -0.2) is 31.8 Å². The Hall–Kier alpha value is -2.05. The number of nitrogen functional groups attached to an aromatic ring is 1. The Labute approximate surface area is 86.9 Å². The molecule has 3 N–H and O–H groups in total. The molecular weight excluding hydrogens is 194 g/mol. The summed E-state index contributed by atoms with van der Waals surface area (Å²) in [5.41, 5.74) is 5.44. The first kappa shape index (κ1) is 9.50. The summed E-state index contributed by atoms with van der Waals surface area (Å²) in [5.74, 6) is 1.83. The number of hydrogen-bond donors (Lipinski definition) is 2. The van der Waals surface area contributed by atoms with E-state index in [0.29, 0.717) is 18.4 Å². The van der Waals surface area contributed by atoms with E-state index in [-0.39, 0.29) is 0 Å². The van der Waals surface area contributed by atoms with Crippen LogP contribution in [-0.2, 0) is 13.6 Å². The van der Waals surface area contributed by atoms with E-state index in [1.54, 1.807) is 6.20 Å². The zero-order valence-corrected chi connectivity index (χ0v) is 8.68.